The van der Waals surface area contributed by atoms with Crippen molar-refractivity contribution >= 4 is 28.3 Å². The Morgan fingerprint density at radius 1 is 1.44 bits per heavy atom. The van der Waals surface area contributed by atoms with Crippen molar-refractivity contribution in [2.24, 2.45) is 5.73 Å². The van der Waals surface area contributed by atoms with Crippen LogP contribution >= 0.6 is 28.3 Å². The maximum Gasteiger partial charge on any atom is 0.119 e. The molecule has 0 fully saturated rings. The maximum absolute atomic E-state index is 6.12. The van der Waals surface area contributed by atoms with Crippen LogP contribution in [0.2, 0.25) is 0 Å². The Labute approximate surface area is 112 Å². The van der Waals surface area contributed by atoms with Crippen molar-refractivity contribution in [3.8, 4) is 5.75 Å². The zero-order valence-electron chi connectivity index (χ0n) is 9.70. The van der Waals surface area contributed by atoms with Gasteiger partial charge in [-0.1, -0.05) is 35.7 Å². The van der Waals surface area contributed by atoms with Crippen molar-refractivity contribution in [3.05, 3.63) is 28.2 Å². The van der Waals surface area contributed by atoms with E-state index in [-0.39, 0.29) is 18.4 Å². The molecule has 0 aromatic heterocycles. The van der Waals surface area contributed by atoms with Gasteiger partial charge >= 0.3 is 0 Å². The first-order valence-electron chi connectivity index (χ1n) is 5.28. The van der Waals surface area contributed by atoms with Crippen molar-refractivity contribution in [2.45, 2.75) is 32.2 Å². The number of methoxy groups -OCH3 is 1. The molecule has 0 saturated carbocycles. The number of unbranched alkanes of at least 4 members (excludes halogenated alkanes) is 1. The highest BCUT2D eigenvalue weighted by atomic mass is 79.9. The molecule has 2 N–H and O–H groups in total. The summed E-state index contributed by atoms with van der Waals surface area (Å²) in [7, 11) is 1.67. The normalized spacial score (nSPS) is 11.8. The number of nitrogens with two attached hydrogens (primary N) is 1. The van der Waals surface area contributed by atoms with Gasteiger partial charge in [0.1, 0.15) is 5.75 Å². The van der Waals surface area contributed by atoms with Gasteiger partial charge in [-0.15, -0.1) is 12.4 Å². The third-order valence-electron chi connectivity index (χ3n) is 2.47. The molecule has 16 heavy (non-hydrogen) atoms. The molecular weight excluding hydrogens is 289 g/mol. The highest BCUT2D eigenvalue weighted by molar-refractivity contribution is 9.10. The van der Waals surface area contributed by atoms with Crippen LogP contribution in [0.3, 0.4) is 0 Å². The molecule has 0 bridgehead atoms. The van der Waals surface area contributed by atoms with Crippen LogP contribution in [0.15, 0.2) is 22.7 Å². The van der Waals surface area contributed by atoms with Crippen LogP contribution in [0.1, 0.15) is 37.8 Å². The molecule has 2 nitrogen and oxygen atoms in total. The first kappa shape index (κ1) is 15.8. The van der Waals surface area contributed by atoms with E-state index in [0.29, 0.717) is 0 Å². The lowest BCUT2D eigenvalue weighted by Crippen LogP contribution is -2.10. The number of hydrogen-bond donors (Lipinski definition) is 1. The fourth-order valence-corrected chi connectivity index (χ4v) is 2.05. The first-order chi connectivity index (χ1) is 7.19. The Morgan fingerprint density at radius 2 is 2.12 bits per heavy atom. The van der Waals surface area contributed by atoms with Gasteiger partial charge in [0.05, 0.1) is 7.11 Å². The summed E-state index contributed by atoms with van der Waals surface area (Å²) >= 11 is 3.52. The van der Waals surface area contributed by atoms with Gasteiger partial charge in [-0.05, 0) is 30.2 Å². The average molecular weight is 309 g/mol. The summed E-state index contributed by atoms with van der Waals surface area (Å²) in [5, 5.41) is 0. The molecule has 0 aliphatic heterocycles. The monoisotopic (exact) mass is 307 g/mol. The van der Waals surface area contributed by atoms with E-state index < -0.39 is 0 Å². The second kappa shape index (κ2) is 7.93. The molecule has 0 heterocycles. The lowest BCUT2D eigenvalue weighted by atomic mass is 10.0. The number of benzene rings is 1. The van der Waals surface area contributed by atoms with Gasteiger partial charge in [-0.3, -0.25) is 0 Å². The van der Waals surface area contributed by atoms with Crippen molar-refractivity contribution in [1.29, 1.82) is 0 Å². The highest BCUT2D eigenvalue weighted by Crippen LogP contribution is 2.28. The topological polar surface area (TPSA) is 35.2 Å². The van der Waals surface area contributed by atoms with E-state index in [1.54, 1.807) is 7.11 Å². The molecule has 0 spiro atoms. The van der Waals surface area contributed by atoms with Crippen LogP contribution in [0, 0.1) is 0 Å². The molecular formula is C12H19BrClNO. The zero-order chi connectivity index (χ0) is 11.3. The maximum atomic E-state index is 6.12. The minimum absolute atomic E-state index is 0. The third-order valence-corrected chi connectivity index (χ3v) is 3.19. The smallest absolute Gasteiger partial charge is 0.119 e. The molecule has 0 aliphatic rings. The summed E-state index contributed by atoms with van der Waals surface area (Å²) < 4.78 is 6.25. The van der Waals surface area contributed by atoms with Gasteiger partial charge in [-0.25, -0.2) is 0 Å². The summed E-state index contributed by atoms with van der Waals surface area (Å²) in [5.41, 5.74) is 7.25. The van der Waals surface area contributed by atoms with Crippen molar-refractivity contribution < 1.29 is 4.74 Å². The number of hydrogen-bond acceptors (Lipinski definition) is 2. The number of halogens is 2. The lowest BCUT2D eigenvalue weighted by Gasteiger charge is -2.14. The molecule has 0 amide bonds. The zero-order valence-corrected chi connectivity index (χ0v) is 12.1. The lowest BCUT2D eigenvalue weighted by molar-refractivity contribution is 0.413. The van der Waals surface area contributed by atoms with E-state index in [1.807, 2.05) is 18.2 Å². The summed E-state index contributed by atoms with van der Waals surface area (Å²) in [6, 6.07) is 6.01. The van der Waals surface area contributed by atoms with E-state index in [4.69, 9.17) is 10.5 Å². The Hall–Kier alpha value is -0.250. The van der Waals surface area contributed by atoms with Crippen LogP contribution in [0.5, 0.6) is 5.75 Å². The van der Waals surface area contributed by atoms with Gasteiger partial charge in [0, 0.05) is 10.5 Å². The summed E-state index contributed by atoms with van der Waals surface area (Å²) in [6.45, 7) is 2.17. The minimum atomic E-state index is 0. The predicted octanol–water partition coefficient (Wildman–Crippen LogP) is 4.07. The molecule has 0 unspecified atom stereocenters. The summed E-state index contributed by atoms with van der Waals surface area (Å²) in [5.74, 6) is 0.861. The Morgan fingerprint density at radius 3 is 2.69 bits per heavy atom. The second-order valence-corrected chi connectivity index (χ2v) is 4.49. The van der Waals surface area contributed by atoms with E-state index in [1.165, 1.54) is 6.42 Å². The van der Waals surface area contributed by atoms with E-state index in [2.05, 4.69) is 22.9 Å². The highest BCUT2D eigenvalue weighted by Gasteiger charge is 2.10. The van der Waals surface area contributed by atoms with E-state index >= 15 is 0 Å². The molecule has 1 aromatic rings. The van der Waals surface area contributed by atoms with Crippen LogP contribution in [0.4, 0.5) is 0 Å². The van der Waals surface area contributed by atoms with E-state index in [9.17, 15) is 0 Å². The Bertz CT molecular complexity index is 320. The van der Waals surface area contributed by atoms with Crippen LogP contribution in [-0.2, 0) is 0 Å². The first-order valence-corrected chi connectivity index (χ1v) is 6.07. The Balaban J connectivity index is 0.00000225. The summed E-state index contributed by atoms with van der Waals surface area (Å²) in [6.07, 6.45) is 3.35. The van der Waals surface area contributed by atoms with Gasteiger partial charge in [-0.2, -0.15) is 0 Å². The quantitative estimate of drug-likeness (QED) is 0.890. The van der Waals surface area contributed by atoms with Crippen molar-refractivity contribution in [3.63, 3.8) is 0 Å². The van der Waals surface area contributed by atoms with Crippen molar-refractivity contribution in [2.75, 3.05) is 7.11 Å². The molecule has 1 aromatic carbocycles. The van der Waals surface area contributed by atoms with Crippen LogP contribution in [0.25, 0.3) is 0 Å². The molecule has 1 atom stereocenters. The van der Waals surface area contributed by atoms with Gasteiger partial charge in [0.15, 0.2) is 0 Å². The van der Waals surface area contributed by atoms with Gasteiger partial charge in [0.2, 0.25) is 0 Å². The fourth-order valence-electron chi connectivity index (χ4n) is 1.51. The predicted molar refractivity (Wildman–Crippen MR) is 74.4 cm³/mol. The van der Waals surface area contributed by atoms with E-state index in [0.717, 1.165) is 28.6 Å². The third kappa shape index (κ3) is 4.32. The van der Waals surface area contributed by atoms with Crippen molar-refractivity contribution in [1.82, 2.24) is 0 Å². The average Bonchev–Trinajstić information content (AvgIpc) is 2.26. The summed E-state index contributed by atoms with van der Waals surface area (Å²) in [4.78, 5) is 0. The largest absolute Gasteiger partial charge is 0.497 e. The molecule has 0 saturated heterocycles. The molecule has 92 valence electrons. The second-order valence-electron chi connectivity index (χ2n) is 3.64. The molecule has 0 radical (unpaired) electrons. The van der Waals surface area contributed by atoms with Gasteiger partial charge in [0.25, 0.3) is 0 Å². The Kier molecular flexibility index (Phi) is 7.81. The fraction of sp³-hybridized carbons (Fsp3) is 0.500. The molecule has 4 heteroatoms. The molecule has 0 aliphatic carbocycles. The number of rotatable bonds is 5. The van der Waals surface area contributed by atoms with Crippen LogP contribution in [-0.4, -0.2) is 7.11 Å². The SMILES string of the molecule is CCCC[C@H](N)c1cc(OC)ccc1Br.Cl. The number of ether oxygens (including phenoxy) is 1. The molecule has 1 rings (SSSR count). The van der Waals surface area contributed by atoms with Gasteiger partial charge < -0.3 is 10.5 Å². The minimum Gasteiger partial charge on any atom is -0.497 e. The standard InChI is InChI=1S/C12H18BrNO.ClH/c1-3-4-5-12(14)10-8-9(15-2)6-7-11(10)13;/h6-8,12H,3-5,14H2,1-2H3;1H/t12-;/m0./s1. The van der Waals surface area contributed by atoms with Crippen LogP contribution < -0.4 is 10.5 Å².